The molecule has 2 aromatic carbocycles. The van der Waals surface area contributed by atoms with Crippen LogP contribution in [-0.2, 0) is 16.6 Å². The average Bonchev–Trinajstić information content (AvgIpc) is 2.62. The van der Waals surface area contributed by atoms with E-state index in [1.54, 1.807) is 18.2 Å². The molecule has 0 spiro atoms. The summed E-state index contributed by atoms with van der Waals surface area (Å²) in [5.41, 5.74) is 1.15. The number of carbonyl (C=O) groups is 1. The van der Waals surface area contributed by atoms with Crippen LogP contribution in [-0.4, -0.2) is 25.7 Å². The summed E-state index contributed by atoms with van der Waals surface area (Å²) < 4.78 is 24.8. The van der Waals surface area contributed by atoms with Crippen LogP contribution in [0.15, 0.2) is 42.5 Å². The fourth-order valence-electron chi connectivity index (χ4n) is 2.76. The van der Waals surface area contributed by atoms with Crippen LogP contribution in [0.1, 0.15) is 25.0 Å². The van der Waals surface area contributed by atoms with Gasteiger partial charge in [0.25, 0.3) is 0 Å². The van der Waals surface area contributed by atoms with E-state index in [0.717, 1.165) is 17.1 Å². The van der Waals surface area contributed by atoms with E-state index < -0.39 is 0 Å². The minimum absolute atomic E-state index is 0.0316. The Hall–Kier alpha value is -2.56. The topological polar surface area (TPSA) is 47.6 Å². The minimum Gasteiger partial charge on any atom is -0.486 e. The van der Waals surface area contributed by atoms with Crippen molar-refractivity contribution in [1.82, 2.24) is 5.32 Å². The molecule has 2 aromatic rings. The van der Waals surface area contributed by atoms with Crippen molar-refractivity contribution >= 4 is 5.91 Å². The number of fused-ring (bicyclic) bond motifs is 1. The van der Waals surface area contributed by atoms with Gasteiger partial charge in [-0.25, -0.2) is 4.39 Å². The average molecular weight is 343 g/mol. The summed E-state index contributed by atoms with van der Waals surface area (Å²) in [6.07, 6.45) is 0.0316. The zero-order valence-electron chi connectivity index (χ0n) is 14.5. The second-order valence-electron chi connectivity index (χ2n) is 6.79. The summed E-state index contributed by atoms with van der Waals surface area (Å²) in [7, 11) is 0. The number of hydrogen-bond donors (Lipinski definition) is 1. The molecule has 0 bridgehead atoms. The van der Waals surface area contributed by atoms with E-state index in [0.29, 0.717) is 25.3 Å². The number of amides is 1. The van der Waals surface area contributed by atoms with Gasteiger partial charge in [0, 0.05) is 12.0 Å². The fraction of sp³-hybridized carbons (Fsp3) is 0.350. The van der Waals surface area contributed by atoms with Gasteiger partial charge >= 0.3 is 0 Å². The van der Waals surface area contributed by atoms with Gasteiger partial charge in [-0.05, 0) is 29.3 Å². The number of rotatable bonds is 5. The molecule has 1 N–H and O–H groups in total. The quantitative estimate of drug-likeness (QED) is 0.907. The maximum atomic E-state index is 13.6. The first-order valence-electron chi connectivity index (χ1n) is 8.36. The number of carbonyl (C=O) groups excluding carboxylic acids is 1. The Bertz CT molecular complexity index is 773. The molecular weight excluding hydrogens is 321 g/mol. The van der Waals surface area contributed by atoms with Crippen molar-refractivity contribution in [2.24, 2.45) is 0 Å². The molecule has 3 rings (SSSR count). The van der Waals surface area contributed by atoms with E-state index in [-0.39, 0.29) is 23.6 Å². The third-order valence-electron chi connectivity index (χ3n) is 4.36. The van der Waals surface area contributed by atoms with Crippen LogP contribution in [0.2, 0.25) is 0 Å². The van der Waals surface area contributed by atoms with Crippen molar-refractivity contribution in [2.45, 2.75) is 25.7 Å². The van der Waals surface area contributed by atoms with Crippen LogP contribution < -0.4 is 14.8 Å². The molecule has 0 fully saturated rings. The Morgan fingerprint density at radius 1 is 1.12 bits per heavy atom. The van der Waals surface area contributed by atoms with E-state index in [1.807, 2.05) is 32.0 Å². The molecule has 0 unspecified atom stereocenters. The van der Waals surface area contributed by atoms with Gasteiger partial charge in [-0.15, -0.1) is 0 Å². The molecule has 0 saturated carbocycles. The van der Waals surface area contributed by atoms with Crippen molar-refractivity contribution in [3.05, 3.63) is 59.4 Å². The molecule has 0 radical (unpaired) electrons. The summed E-state index contributed by atoms with van der Waals surface area (Å²) in [5.74, 6) is 0.920. The van der Waals surface area contributed by atoms with E-state index in [9.17, 15) is 9.18 Å². The molecule has 1 aliphatic rings. The Morgan fingerprint density at radius 3 is 2.60 bits per heavy atom. The van der Waals surface area contributed by atoms with Crippen LogP contribution in [0.4, 0.5) is 4.39 Å². The maximum Gasteiger partial charge on any atom is 0.224 e. The molecule has 4 nitrogen and oxygen atoms in total. The second-order valence-corrected chi connectivity index (χ2v) is 6.79. The van der Waals surface area contributed by atoms with Crippen molar-refractivity contribution in [3.63, 3.8) is 0 Å². The molecule has 1 heterocycles. The molecule has 0 aromatic heterocycles. The van der Waals surface area contributed by atoms with E-state index in [2.05, 4.69) is 5.32 Å². The summed E-state index contributed by atoms with van der Waals surface area (Å²) in [6, 6.07) is 12.2. The zero-order valence-corrected chi connectivity index (χ0v) is 14.5. The first kappa shape index (κ1) is 17.3. The molecule has 1 amide bonds. The first-order chi connectivity index (χ1) is 12.0. The third kappa shape index (κ3) is 4.10. The lowest BCUT2D eigenvalue weighted by Crippen LogP contribution is -2.37. The molecule has 132 valence electrons. The Balaban J connectivity index is 1.63. The Labute approximate surface area is 147 Å². The highest BCUT2D eigenvalue weighted by molar-refractivity contribution is 5.78. The number of nitrogens with one attached hydrogen (secondary N) is 1. The number of halogens is 1. The van der Waals surface area contributed by atoms with Gasteiger partial charge in [-0.2, -0.15) is 0 Å². The lowest BCUT2D eigenvalue weighted by Gasteiger charge is -2.28. The summed E-state index contributed by atoms with van der Waals surface area (Å²) >= 11 is 0. The van der Waals surface area contributed by atoms with Crippen molar-refractivity contribution in [1.29, 1.82) is 0 Å². The van der Waals surface area contributed by atoms with Crippen LogP contribution in [0.25, 0.3) is 0 Å². The number of benzene rings is 2. The van der Waals surface area contributed by atoms with E-state index in [1.165, 1.54) is 6.07 Å². The van der Waals surface area contributed by atoms with Crippen molar-refractivity contribution in [2.75, 3.05) is 19.8 Å². The Morgan fingerprint density at radius 2 is 1.84 bits per heavy atom. The normalized spacial score (nSPS) is 13.4. The minimum atomic E-state index is -0.358. The van der Waals surface area contributed by atoms with Gasteiger partial charge in [-0.1, -0.05) is 38.1 Å². The highest BCUT2D eigenvalue weighted by Gasteiger charge is 2.24. The molecular formula is C20H22FNO3. The maximum absolute atomic E-state index is 13.6. The van der Waals surface area contributed by atoms with Crippen molar-refractivity contribution in [3.8, 4) is 11.5 Å². The van der Waals surface area contributed by atoms with Gasteiger partial charge in [0.2, 0.25) is 5.91 Å². The lowest BCUT2D eigenvalue weighted by atomic mass is 9.84. The predicted molar refractivity (Wildman–Crippen MR) is 93.6 cm³/mol. The Kier molecular flexibility index (Phi) is 4.93. The summed E-state index contributed by atoms with van der Waals surface area (Å²) in [6.45, 7) is 5.63. The van der Waals surface area contributed by atoms with E-state index in [4.69, 9.17) is 9.47 Å². The summed E-state index contributed by atoms with van der Waals surface area (Å²) in [4.78, 5) is 12.2. The largest absolute Gasteiger partial charge is 0.486 e. The smallest absolute Gasteiger partial charge is 0.224 e. The lowest BCUT2D eigenvalue weighted by molar-refractivity contribution is -0.120. The van der Waals surface area contributed by atoms with Crippen LogP contribution in [0.5, 0.6) is 11.5 Å². The molecule has 0 saturated heterocycles. The molecule has 25 heavy (non-hydrogen) atoms. The van der Waals surface area contributed by atoms with Gasteiger partial charge in [-0.3, -0.25) is 4.79 Å². The summed E-state index contributed by atoms with van der Waals surface area (Å²) in [5, 5.41) is 2.90. The number of hydrogen-bond acceptors (Lipinski definition) is 3. The zero-order chi connectivity index (χ0) is 17.9. The monoisotopic (exact) mass is 343 g/mol. The highest BCUT2D eigenvalue weighted by atomic mass is 19.1. The highest BCUT2D eigenvalue weighted by Crippen LogP contribution is 2.34. The van der Waals surface area contributed by atoms with Gasteiger partial charge < -0.3 is 14.8 Å². The van der Waals surface area contributed by atoms with Gasteiger partial charge in [0.1, 0.15) is 19.0 Å². The SMILES string of the molecule is CC(C)(CNC(=O)Cc1ccccc1F)c1ccc2c(c1)OCCO2. The standard InChI is InChI=1S/C20H22FNO3/c1-20(2,15-7-8-17-18(12-15)25-10-9-24-17)13-22-19(23)11-14-5-3-4-6-16(14)21/h3-8,12H,9-11,13H2,1-2H3,(H,22,23). The molecule has 5 heteroatoms. The van der Waals surface area contributed by atoms with Crippen LogP contribution in [0.3, 0.4) is 0 Å². The van der Waals surface area contributed by atoms with E-state index >= 15 is 0 Å². The van der Waals surface area contributed by atoms with Gasteiger partial charge in [0.15, 0.2) is 11.5 Å². The van der Waals surface area contributed by atoms with Crippen LogP contribution in [0, 0.1) is 5.82 Å². The molecule has 0 atom stereocenters. The predicted octanol–water partition coefficient (Wildman–Crippen LogP) is 3.23. The third-order valence-corrected chi connectivity index (χ3v) is 4.36. The fourth-order valence-corrected chi connectivity index (χ4v) is 2.76. The molecule has 1 aliphatic heterocycles. The van der Waals surface area contributed by atoms with Gasteiger partial charge in [0.05, 0.1) is 6.42 Å². The molecule has 0 aliphatic carbocycles. The first-order valence-corrected chi connectivity index (χ1v) is 8.36. The van der Waals surface area contributed by atoms with Crippen molar-refractivity contribution < 1.29 is 18.7 Å². The van der Waals surface area contributed by atoms with Crippen LogP contribution >= 0.6 is 0 Å². The second kappa shape index (κ2) is 7.13. The number of ether oxygens (including phenoxy) is 2.